The number of aromatic nitrogens is 1. The van der Waals surface area contributed by atoms with Gasteiger partial charge in [-0.15, -0.1) is 0 Å². The molecule has 0 aliphatic carbocycles. The molecule has 2 rings (SSSR count). The first-order valence-corrected chi connectivity index (χ1v) is 7.66. The number of nitrogens with one attached hydrogen (secondary N) is 1. The number of rotatable bonds is 3. The standard InChI is InChI=1S/C14H15N3O3S/c1-10-5-6-12(4-3-7-15)9-13(10)21(18,19)17-14-8-11(2)20-16-14/h5-6,8-9H,7,15H2,1-2H3,(H,16,17). The minimum absolute atomic E-state index is 0.144. The lowest BCUT2D eigenvalue weighted by Gasteiger charge is -2.08. The molecule has 0 aliphatic rings. The highest BCUT2D eigenvalue weighted by molar-refractivity contribution is 7.92. The molecule has 2 aromatic rings. The first kappa shape index (κ1) is 15.1. The van der Waals surface area contributed by atoms with Crippen molar-refractivity contribution in [1.29, 1.82) is 0 Å². The van der Waals surface area contributed by atoms with Crippen LogP contribution in [0.5, 0.6) is 0 Å². The molecule has 0 fully saturated rings. The molecule has 3 N–H and O–H groups in total. The van der Waals surface area contributed by atoms with E-state index in [4.69, 9.17) is 10.3 Å². The smallest absolute Gasteiger partial charge is 0.263 e. The van der Waals surface area contributed by atoms with Crippen LogP contribution >= 0.6 is 0 Å². The van der Waals surface area contributed by atoms with E-state index >= 15 is 0 Å². The van der Waals surface area contributed by atoms with E-state index in [1.165, 1.54) is 12.1 Å². The molecule has 21 heavy (non-hydrogen) atoms. The fourth-order valence-electron chi connectivity index (χ4n) is 1.73. The summed E-state index contributed by atoms with van der Waals surface area (Å²) in [6.07, 6.45) is 0. The molecule has 6 nitrogen and oxygen atoms in total. The number of anilines is 1. The molecule has 0 radical (unpaired) electrons. The van der Waals surface area contributed by atoms with Crippen LogP contribution in [0.3, 0.4) is 0 Å². The Morgan fingerprint density at radius 2 is 2.10 bits per heavy atom. The van der Waals surface area contributed by atoms with E-state index < -0.39 is 10.0 Å². The summed E-state index contributed by atoms with van der Waals surface area (Å²) >= 11 is 0. The van der Waals surface area contributed by atoms with Crippen LogP contribution in [0.2, 0.25) is 0 Å². The second-order valence-corrected chi connectivity index (χ2v) is 6.07. The van der Waals surface area contributed by atoms with Crippen molar-refractivity contribution in [1.82, 2.24) is 5.16 Å². The van der Waals surface area contributed by atoms with Gasteiger partial charge in [-0.05, 0) is 31.5 Å². The largest absolute Gasteiger partial charge is 0.360 e. The van der Waals surface area contributed by atoms with Crippen LogP contribution in [-0.2, 0) is 10.0 Å². The molecule has 110 valence electrons. The zero-order valence-corrected chi connectivity index (χ0v) is 12.5. The Morgan fingerprint density at radius 3 is 2.71 bits per heavy atom. The van der Waals surface area contributed by atoms with Crippen LogP contribution in [-0.4, -0.2) is 20.1 Å². The van der Waals surface area contributed by atoms with E-state index in [9.17, 15) is 8.42 Å². The molecule has 0 bridgehead atoms. The molecule has 0 saturated carbocycles. The summed E-state index contributed by atoms with van der Waals surface area (Å²) in [6.45, 7) is 3.61. The highest BCUT2D eigenvalue weighted by atomic mass is 32.2. The van der Waals surface area contributed by atoms with E-state index in [0.717, 1.165) is 0 Å². The molecule has 1 heterocycles. The van der Waals surface area contributed by atoms with Crippen molar-refractivity contribution in [2.75, 3.05) is 11.3 Å². The van der Waals surface area contributed by atoms with Gasteiger partial charge in [-0.3, -0.25) is 4.72 Å². The maximum atomic E-state index is 12.4. The van der Waals surface area contributed by atoms with E-state index in [0.29, 0.717) is 16.9 Å². The number of benzene rings is 1. The summed E-state index contributed by atoms with van der Waals surface area (Å²) in [5.41, 5.74) is 6.51. The fourth-order valence-corrected chi connectivity index (χ4v) is 2.98. The van der Waals surface area contributed by atoms with E-state index in [-0.39, 0.29) is 17.3 Å². The Bertz CT molecular complexity index is 813. The number of hydrogen-bond acceptors (Lipinski definition) is 5. The van der Waals surface area contributed by atoms with Crippen LogP contribution in [0.1, 0.15) is 16.9 Å². The number of aryl methyl sites for hydroxylation is 2. The molecular formula is C14H15N3O3S. The van der Waals surface area contributed by atoms with Crippen LogP contribution in [0.15, 0.2) is 33.7 Å². The molecule has 0 unspecified atom stereocenters. The molecule has 1 aromatic carbocycles. The molecule has 0 amide bonds. The number of nitrogens with two attached hydrogens (primary N) is 1. The number of hydrogen-bond donors (Lipinski definition) is 2. The lowest BCUT2D eigenvalue weighted by molar-refractivity contribution is 0.400. The third-order valence-electron chi connectivity index (χ3n) is 2.68. The van der Waals surface area contributed by atoms with Gasteiger partial charge in [-0.2, -0.15) is 0 Å². The third-order valence-corrected chi connectivity index (χ3v) is 4.18. The summed E-state index contributed by atoms with van der Waals surface area (Å²) in [5, 5.41) is 3.62. The lowest BCUT2D eigenvalue weighted by atomic mass is 10.1. The first-order chi connectivity index (χ1) is 9.92. The van der Waals surface area contributed by atoms with Crippen molar-refractivity contribution in [2.24, 2.45) is 5.73 Å². The quantitative estimate of drug-likeness (QED) is 0.835. The summed E-state index contributed by atoms with van der Waals surface area (Å²) in [4.78, 5) is 0.145. The zero-order chi connectivity index (χ0) is 15.5. The second kappa shape index (κ2) is 5.99. The normalized spacial score (nSPS) is 10.8. The van der Waals surface area contributed by atoms with Crippen molar-refractivity contribution < 1.29 is 12.9 Å². The molecule has 0 aliphatic heterocycles. The van der Waals surface area contributed by atoms with Gasteiger partial charge in [0.2, 0.25) is 0 Å². The minimum Gasteiger partial charge on any atom is -0.360 e. The van der Waals surface area contributed by atoms with Gasteiger partial charge in [0.1, 0.15) is 5.76 Å². The molecule has 1 aromatic heterocycles. The van der Waals surface area contributed by atoms with Crippen molar-refractivity contribution in [3.05, 3.63) is 41.2 Å². The van der Waals surface area contributed by atoms with Crippen molar-refractivity contribution in [3.8, 4) is 11.8 Å². The lowest BCUT2D eigenvalue weighted by Crippen LogP contribution is -2.14. The van der Waals surface area contributed by atoms with Gasteiger partial charge in [0.25, 0.3) is 10.0 Å². The molecule has 0 saturated heterocycles. The van der Waals surface area contributed by atoms with Crippen LogP contribution in [0.4, 0.5) is 5.82 Å². The summed E-state index contributed by atoms with van der Waals surface area (Å²) < 4.78 is 32.0. The van der Waals surface area contributed by atoms with Crippen LogP contribution < -0.4 is 10.5 Å². The predicted molar refractivity (Wildman–Crippen MR) is 79.2 cm³/mol. The van der Waals surface area contributed by atoms with Gasteiger partial charge in [-0.1, -0.05) is 23.1 Å². The summed E-state index contributed by atoms with van der Waals surface area (Å²) in [7, 11) is -3.75. The number of sulfonamides is 1. The second-order valence-electron chi connectivity index (χ2n) is 4.41. The summed E-state index contributed by atoms with van der Waals surface area (Å²) in [5.74, 6) is 6.17. The maximum Gasteiger partial charge on any atom is 0.263 e. The first-order valence-electron chi connectivity index (χ1n) is 6.18. The van der Waals surface area contributed by atoms with Crippen molar-refractivity contribution in [3.63, 3.8) is 0 Å². The van der Waals surface area contributed by atoms with Crippen LogP contribution in [0.25, 0.3) is 0 Å². The van der Waals surface area contributed by atoms with E-state index in [2.05, 4.69) is 21.7 Å². The molecule has 0 spiro atoms. The molecular weight excluding hydrogens is 290 g/mol. The van der Waals surface area contributed by atoms with Gasteiger partial charge >= 0.3 is 0 Å². The summed E-state index contributed by atoms with van der Waals surface area (Å²) in [6, 6.07) is 6.46. The molecule has 7 heteroatoms. The third kappa shape index (κ3) is 3.62. The van der Waals surface area contributed by atoms with E-state index in [1.807, 2.05) is 0 Å². The van der Waals surface area contributed by atoms with Gasteiger partial charge in [-0.25, -0.2) is 8.42 Å². The molecule has 0 atom stereocenters. The Labute approximate surface area is 123 Å². The Hall–Kier alpha value is -2.30. The van der Waals surface area contributed by atoms with Gasteiger partial charge in [0, 0.05) is 11.6 Å². The predicted octanol–water partition coefficient (Wildman–Crippen LogP) is 1.40. The Balaban J connectivity index is 2.39. The number of nitrogens with zero attached hydrogens (tertiary/aromatic N) is 1. The highest BCUT2D eigenvalue weighted by Gasteiger charge is 2.19. The van der Waals surface area contributed by atoms with Gasteiger partial charge < -0.3 is 10.3 Å². The maximum absolute atomic E-state index is 12.4. The average Bonchev–Trinajstić information content (AvgIpc) is 2.82. The van der Waals surface area contributed by atoms with E-state index in [1.54, 1.807) is 26.0 Å². The minimum atomic E-state index is -3.75. The van der Waals surface area contributed by atoms with Crippen molar-refractivity contribution >= 4 is 15.8 Å². The van der Waals surface area contributed by atoms with Crippen molar-refractivity contribution in [2.45, 2.75) is 18.7 Å². The highest BCUT2D eigenvalue weighted by Crippen LogP contribution is 2.20. The van der Waals surface area contributed by atoms with Gasteiger partial charge in [0.15, 0.2) is 5.82 Å². The van der Waals surface area contributed by atoms with Gasteiger partial charge in [0.05, 0.1) is 11.4 Å². The van der Waals surface area contributed by atoms with Crippen LogP contribution in [0, 0.1) is 25.7 Å². The SMILES string of the molecule is Cc1cc(NS(=O)(=O)c2cc(C#CCN)ccc2C)no1. The fraction of sp³-hybridized carbons (Fsp3) is 0.214. The zero-order valence-electron chi connectivity index (χ0n) is 11.7. The Morgan fingerprint density at radius 1 is 1.33 bits per heavy atom. The Kier molecular flexibility index (Phi) is 4.31. The average molecular weight is 305 g/mol. The topological polar surface area (TPSA) is 98.2 Å². The monoisotopic (exact) mass is 305 g/mol.